The van der Waals surface area contributed by atoms with Gasteiger partial charge in [-0.15, -0.1) is 0 Å². The number of aliphatic imine (C=N–C) groups is 2. The maximum absolute atomic E-state index is 10.6. The zero-order chi connectivity index (χ0) is 14.1. The van der Waals surface area contributed by atoms with Crippen LogP contribution in [0.15, 0.2) is 39.1 Å². The summed E-state index contributed by atoms with van der Waals surface area (Å²) in [5, 5.41) is 13.7. The van der Waals surface area contributed by atoms with Gasteiger partial charge in [0.2, 0.25) is 0 Å². The van der Waals surface area contributed by atoms with Crippen molar-refractivity contribution in [2.45, 2.75) is 17.1 Å². The molecular weight excluding hydrogens is 298 g/mol. The van der Waals surface area contributed by atoms with Gasteiger partial charge in [-0.1, -0.05) is 12.2 Å². The highest BCUT2D eigenvalue weighted by molar-refractivity contribution is 7.99. The summed E-state index contributed by atoms with van der Waals surface area (Å²) in [7, 11) is 0. The molecule has 1 aromatic rings. The van der Waals surface area contributed by atoms with Crippen molar-refractivity contribution in [3.8, 4) is 0 Å². The summed E-state index contributed by atoms with van der Waals surface area (Å²) in [6.45, 7) is 0. The Labute approximate surface area is 124 Å². The van der Waals surface area contributed by atoms with Crippen LogP contribution in [0.4, 0.5) is 5.69 Å². The molecule has 0 aliphatic carbocycles. The van der Waals surface area contributed by atoms with E-state index in [-0.39, 0.29) is 17.9 Å². The van der Waals surface area contributed by atoms with Gasteiger partial charge in [0.25, 0.3) is 5.69 Å². The number of benzene rings is 1. The Bertz CT molecular complexity index is 616. The molecule has 3 rings (SSSR count). The highest BCUT2D eigenvalue weighted by Crippen LogP contribution is 2.28. The van der Waals surface area contributed by atoms with Crippen LogP contribution in [0.3, 0.4) is 0 Å². The van der Waals surface area contributed by atoms with Crippen LogP contribution in [0.5, 0.6) is 0 Å². The first-order valence-corrected chi connectivity index (χ1v) is 6.90. The quantitative estimate of drug-likeness (QED) is 0.395. The SMILES string of the molecule is O=[N+]([O-])c1ccc(SN2C=NC3N=CNC3C2=S)cc1. The van der Waals surface area contributed by atoms with E-state index in [9.17, 15) is 10.1 Å². The van der Waals surface area contributed by atoms with Crippen LogP contribution in [0.1, 0.15) is 0 Å². The summed E-state index contributed by atoms with van der Waals surface area (Å²) in [5.41, 5.74) is 0.0650. The Kier molecular flexibility index (Phi) is 3.36. The Hall–Kier alpha value is -2.00. The lowest BCUT2D eigenvalue weighted by Gasteiger charge is -2.28. The fourth-order valence-electron chi connectivity index (χ4n) is 1.83. The smallest absolute Gasteiger partial charge is 0.269 e. The predicted molar refractivity (Wildman–Crippen MR) is 81.1 cm³/mol. The number of fused-ring (bicyclic) bond motifs is 1. The molecule has 0 fully saturated rings. The van der Waals surface area contributed by atoms with Crippen LogP contribution in [0.2, 0.25) is 0 Å². The summed E-state index contributed by atoms with van der Waals surface area (Å²) in [5.74, 6) is 0. The lowest BCUT2D eigenvalue weighted by Crippen LogP contribution is -2.47. The monoisotopic (exact) mass is 307 g/mol. The molecule has 0 aromatic heterocycles. The number of nitrogens with zero attached hydrogens (tertiary/aromatic N) is 4. The Morgan fingerprint density at radius 2 is 2.10 bits per heavy atom. The molecule has 2 heterocycles. The fourth-order valence-corrected chi connectivity index (χ4v) is 2.97. The Morgan fingerprint density at radius 3 is 2.80 bits per heavy atom. The molecule has 0 radical (unpaired) electrons. The summed E-state index contributed by atoms with van der Waals surface area (Å²) >= 11 is 6.76. The number of thiocarbonyl (C=S) groups is 1. The Balaban J connectivity index is 1.73. The molecule has 0 saturated carbocycles. The normalized spacial score (nSPS) is 23.6. The van der Waals surface area contributed by atoms with Crippen LogP contribution >= 0.6 is 24.2 Å². The van der Waals surface area contributed by atoms with E-state index < -0.39 is 4.92 Å². The van der Waals surface area contributed by atoms with Crippen molar-refractivity contribution in [3.05, 3.63) is 34.4 Å². The second-order valence-corrected chi connectivity index (χ2v) is 5.57. The van der Waals surface area contributed by atoms with Gasteiger partial charge >= 0.3 is 0 Å². The van der Waals surface area contributed by atoms with E-state index in [0.717, 1.165) is 4.90 Å². The Morgan fingerprint density at radius 1 is 1.35 bits per heavy atom. The van der Waals surface area contributed by atoms with Crippen molar-refractivity contribution < 1.29 is 4.92 Å². The van der Waals surface area contributed by atoms with Crippen LogP contribution in [-0.2, 0) is 0 Å². The van der Waals surface area contributed by atoms with Gasteiger partial charge in [0.05, 0.1) is 11.3 Å². The molecule has 7 nitrogen and oxygen atoms in total. The molecule has 0 bridgehead atoms. The van der Waals surface area contributed by atoms with E-state index in [0.29, 0.717) is 4.99 Å². The van der Waals surface area contributed by atoms with Crippen LogP contribution in [0.25, 0.3) is 0 Å². The summed E-state index contributed by atoms with van der Waals surface area (Å²) in [4.78, 5) is 20.2. The van der Waals surface area contributed by atoms with Gasteiger partial charge in [-0.25, -0.2) is 9.98 Å². The van der Waals surface area contributed by atoms with Crippen LogP contribution < -0.4 is 5.32 Å². The summed E-state index contributed by atoms with van der Waals surface area (Å²) in [6, 6.07) is 6.20. The maximum Gasteiger partial charge on any atom is 0.269 e. The predicted octanol–water partition coefficient (Wildman–Crippen LogP) is 1.60. The number of rotatable bonds is 3. The molecule has 20 heavy (non-hydrogen) atoms. The first-order valence-electron chi connectivity index (χ1n) is 5.71. The second kappa shape index (κ2) is 5.17. The van der Waals surface area contributed by atoms with Gasteiger partial charge in [0, 0.05) is 17.0 Å². The van der Waals surface area contributed by atoms with E-state index in [1.54, 1.807) is 29.1 Å². The average Bonchev–Trinajstić information content (AvgIpc) is 2.92. The van der Waals surface area contributed by atoms with E-state index in [4.69, 9.17) is 12.2 Å². The van der Waals surface area contributed by atoms with Crippen molar-refractivity contribution in [3.63, 3.8) is 0 Å². The largest absolute Gasteiger partial charge is 0.364 e. The van der Waals surface area contributed by atoms with E-state index in [2.05, 4.69) is 15.3 Å². The summed E-state index contributed by atoms with van der Waals surface area (Å²) < 4.78 is 1.76. The molecule has 2 unspecified atom stereocenters. The molecule has 0 saturated heterocycles. The van der Waals surface area contributed by atoms with Gasteiger partial charge in [0.15, 0.2) is 6.17 Å². The van der Waals surface area contributed by atoms with E-state index in [1.165, 1.54) is 24.1 Å². The van der Waals surface area contributed by atoms with Crippen molar-refractivity contribution >= 4 is 47.5 Å². The zero-order valence-corrected chi connectivity index (χ0v) is 11.7. The van der Waals surface area contributed by atoms with Gasteiger partial charge < -0.3 is 5.32 Å². The number of non-ortho nitro benzene ring substituents is 1. The average molecular weight is 307 g/mol. The molecule has 2 aliphatic heterocycles. The topological polar surface area (TPSA) is 83.1 Å². The zero-order valence-electron chi connectivity index (χ0n) is 10.0. The molecule has 1 N–H and O–H groups in total. The standard InChI is InChI=1S/C11H9N5O2S2/c17-16(18)7-1-3-8(4-2-7)20-15-6-14-10-9(11(15)19)12-5-13-10/h1-6,9-10H,(H,12,13). The van der Waals surface area contributed by atoms with E-state index in [1.807, 2.05) is 0 Å². The minimum atomic E-state index is -0.425. The lowest BCUT2D eigenvalue weighted by atomic mass is 10.2. The third-order valence-corrected chi connectivity index (χ3v) is 4.38. The third kappa shape index (κ3) is 2.37. The minimum Gasteiger partial charge on any atom is -0.364 e. The first-order chi connectivity index (χ1) is 9.65. The number of nitro benzene ring substituents is 1. The molecule has 0 spiro atoms. The molecule has 1 aromatic carbocycles. The third-order valence-electron chi connectivity index (χ3n) is 2.84. The van der Waals surface area contributed by atoms with Crippen molar-refractivity contribution in [2.75, 3.05) is 0 Å². The first kappa shape index (κ1) is 13.0. The number of nitrogens with one attached hydrogen (secondary N) is 1. The number of nitro groups is 1. The molecule has 0 amide bonds. The fraction of sp³-hybridized carbons (Fsp3) is 0.182. The second-order valence-electron chi connectivity index (χ2n) is 4.11. The minimum absolute atomic E-state index is 0.0650. The van der Waals surface area contributed by atoms with Crippen LogP contribution in [0, 0.1) is 10.1 Å². The highest BCUT2D eigenvalue weighted by atomic mass is 32.2. The molecule has 2 aliphatic rings. The van der Waals surface area contributed by atoms with Crippen molar-refractivity contribution in [2.24, 2.45) is 9.98 Å². The molecule has 102 valence electrons. The van der Waals surface area contributed by atoms with Gasteiger partial charge in [-0.2, -0.15) is 0 Å². The van der Waals surface area contributed by atoms with Crippen molar-refractivity contribution in [1.82, 2.24) is 9.62 Å². The lowest BCUT2D eigenvalue weighted by molar-refractivity contribution is -0.384. The maximum atomic E-state index is 10.6. The van der Waals surface area contributed by atoms with E-state index >= 15 is 0 Å². The van der Waals surface area contributed by atoms with Gasteiger partial charge in [0.1, 0.15) is 17.4 Å². The van der Waals surface area contributed by atoms with Gasteiger partial charge in [-0.3, -0.25) is 14.4 Å². The molecule has 2 atom stereocenters. The van der Waals surface area contributed by atoms with Gasteiger partial charge in [-0.05, 0) is 24.1 Å². The van der Waals surface area contributed by atoms with Crippen LogP contribution in [-0.4, -0.2) is 39.1 Å². The molecular formula is C11H9N5O2S2. The number of hydrogen-bond acceptors (Lipinski definition) is 7. The van der Waals surface area contributed by atoms with Crippen molar-refractivity contribution in [1.29, 1.82) is 0 Å². The number of hydrogen-bond donors (Lipinski definition) is 1. The summed E-state index contributed by atoms with van der Waals surface area (Å²) in [6.07, 6.45) is 3.06. The highest BCUT2D eigenvalue weighted by Gasteiger charge is 2.33. The molecule has 9 heteroatoms.